The molecule has 2 heterocycles. The molecule has 2 aromatic heterocycles. The zero-order valence-corrected chi connectivity index (χ0v) is 19.3. The predicted octanol–water partition coefficient (Wildman–Crippen LogP) is 5.51. The number of pyridine rings is 1. The number of hydrogen-bond acceptors (Lipinski definition) is 5. The van der Waals surface area contributed by atoms with Crippen molar-refractivity contribution in [2.24, 2.45) is 0 Å². The quantitative estimate of drug-likeness (QED) is 0.420. The molecule has 0 radical (unpaired) electrons. The summed E-state index contributed by atoms with van der Waals surface area (Å²) in [5.41, 5.74) is 4.37. The first-order chi connectivity index (χ1) is 14.7. The van der Waals surface area contributed by atoms with Gasteiger partial charge in [-0.25, -0.2) is 0 Å². The van der Waals surface area contributed by atoms with Crippen molar-refractivity contribution in [3.63, 3.8) is 0 Å². The Morgan fingerprint density at radius 2 is 1.65 bits per heavy atom. The maximum Gasteiger partial charge on any atom is 0.167 e. The van der Waals surface area contributed by atoms with Crippen LogP contribution < -0.4 is 4.72 Å². The van der Waals surface area contributed by atoms with E-state index in [1.807, 2.05) is 95.3 Å². The molecule has 6 heteroatoms. The monoisotopic (exact) mass is 433 g/mol. The normalized spacial score (nSPS) is 15.0. The van der Waals surface area contributed by atoms with Gasteiger partial charge in [-0.15, -0.1) is 4.72 Å². The van der Waals surface area contributed by atoms with E-state index in [1.54, 1.807) is 6.20 Å². The zero-order chi connectivity index (χ0) is 22.2. The lowest BCUT2D eigenvalue weighted by Gasteiger charge is -2.36. The Balaban J connectivity index is 1.96. The summed E-state index contributed by atoms with van der Waals surface area (Å²) in [6.07, 6.45) is 1.77. The maximum atomic E-state index is 13.3. The SMILES string of the molecule is Cc1cccnc1C(C)(N[S@@+]([O-])C(C)(C)C)c1ccccc1-c1noc2ccccc12. The van der Waals surface area contributed by atoms with Crippen LogP contribution in [0.1, 0.15) is 44.5 Å². The van der Waals surface area contributed by atoms with Gasteiger partial charge in [-0.2, -0.15) is 0 Å². The Bertz CT molecular complexity index is 1210. The Morgan fingerprint density at radius 1 is 0.935 bits per heavy atom. The molecule has 0 aliphatic heterocycles. The van der Waals surface area contributed by atoms with Gasteiger partial charge in [-0.1, -0.05) is 47.6 Å². The maximum absolute atomic E-state index is 13.3. The Hall–Kier alpha value is -2.67. The lowest BCUT2D eigenvalue weighted by atomic mass is 9.83. The fourth-order valence-electron chi connectivity index (χ4n) is 3.78. The number of aryl methyl sites for hydroxylation is 1. The van der Waals surface area contributed by atoms with Gasteiger partial charge < -0.3 is 9.08 Å². The first kappa shape index (κ1) is 21.6. The summed E-state index contributed by atoms with van der Waals surface area (Å²) < 4.78 is 21.8. The Morgan fingerprint density at radius 3 is 2.39 bits per heavy atom. The highest BCUT2D eigenvalue weighted by Gasteiger charge is 2.42. The third kappa shape index (κ3) is 3.99. The molecule has 0 saturated carbocycles. The molecule has 0 fully saturated rings. The summed E-state index contributed by atoms with van der Waals surface area (Å²) in [7, 11) is 0. The molecule has 1 unspecified atom stereocenters. The molecule has 0 aliphatic rings. The first-order valence-corrected chi connectivity index (χ1v) is 11.4. The van der Waals surface area contributed by atoms with Crippen molar-refractivity contribution >= 4 is 22.3 Å². The van der Waals surface area contributed by atoms with Crippen molar-refractivity contribution in [2.75, 3.05) is 0 Å². The van der Waals surface area contributed by atoms with Crippen LogP contribution in [0.2, 0.25) is 0 Å². The molecule has 31 heavy (non-hydrogen) atoms. The molecule has 0 aliphatic carbocycles. The third-order valence-corrected chi connectivity index (χ3v) is 7.14. The number of fused-ring (bicyclic) bond motifs is 1. The highest BCUT2D eigenvalue weighted by Crippen LogP contribution is 2.40. The minimum atomic E-state index is -1.33. The molecule has 0 bridgehead atoms. The predicted molar refractivity (Wildman–Crippen MR) is 126 cm³/mol. The van der Waals surface area contributed by atoms with Crippen LogP contribution in [-0.2, 0) is 16.9 Å². The first-order valence-electron chi connectivity index (χ1n) is 10.3. The molecule has 5 nitrogen and oxygen atoms in total. The molecular weight excluding hydrogens is 406 g/mol. The van der Waals surface area contributed by atoms with Gasteiger partial charge in [0.1, 0.15) is 16.0 Å². The van der Waals surface area contributed by atoms with Crippen molar-refractivity contribution in [2.45, 2.75) is 44.9 Å². The minimum absolute atomic E-state index is 0.445. The van der Waals surface area contributed by atoms with E-state index in [4.69, 9.17) is 9.51 Å². The topological polar surface area (TPSA) is 74.0 Å². The van der Waals surface area contributed by atoms with E-state index >= 15 is 0 Å². The molecule has 2 atom stereocenters. The van der Waals surface area contributed by atoms with Gasteiger partial charge in [0.2, 0.25) is 0 Å². The summed E-state index contributed by atoms with van der Waals surface area (Å²) in [6.45, 7) is 9.93. The molecule has 4 aromatic rings. The summed E-state index contributed by atoms with van der Waals surface area (Å²) in [5.74, 6) is 0. The minimum Gasteiger partial charge on any atom is -0.598 e. The average Bonchev–Trinajstić information content (AvgIpc) is 3.17. The van der Waals surface area contributed by atoms with E-state index in [1.165, 1.54) is 0 Å². The second-order valence-corrected chi connectivity index (χ2v) is 10.8. The van der Waals surface area contributed by atoms with E-state index in [0.29, 0.717) is 0 Å². The molecule has 0 spiro atoms. The molecule has 2 aromatic carbocycles. The van der Waals surface area contributed by atoms with Gasteiger partial charge in [0, 0.05) is 28.5 Å². The van der Waals surface area contributed by atoms with Crippen LogP contribution in [0.25, 0.3) is 22.2 Å². The number of benzene rings is 2. The number of nitrogens with zero attached hydrogens (tertiary/aromatic N) is 2. The third-order valence-electron chi connectivity index (χ3n) is 5.43. The summed E-state index contributed by atoms with van der Waals surface area (Å²) >= 11 is -1.33. The van der Waals surface area contributed by atoms with Crippen LogP contribution in [0.3, 0.4) is 0 Å². The number of nitrogens with one attached hydrogen (secondary N) is 1. The molecular formula is C25H27N3O2S. The van der Waals surface area contributed by atoms with Gasteiger partial charge in [-0.05, 0) is 63.9 Å². The zero-order valence-electron chi connectivity index (χ0n) is 18.5. The number of para-hydroxylation sites is 1. The van der Waals surface area contributed by atoms with E-state index in [0.717, 1.165) is 39.0 Å². The summed E-state index contributed by atoms with van der Waals surface area (Å²) in [4.78, 5) is 4.71. The second-order valence-electron chi connectivity index (χ2n) is 8.85. The van der Waals surface area contributed by atoms with Crippen LogP contribution in [0, 0.1) is 6.92 Å². The standard InChI is InChI=1S/C25H27N3O2S/c1-17-11-10-16-26-23(17)25(5,28-31(29)24(2,3)4)20-14-8-6-12-18(20)22-19-13-7-9-15-21(19)30-27-22/h6-16,28H,1-5H3/t25?,31-/m0/s1. The fraction of sp³-hybridized carbons (Fsp3) is 0.280. The van der Waals surface area contributed by atoms with Crippen LogP contribution in [0.15, 0.2) is 71.4 Å². The van der Waals surface area contributed by atoms with E-state index in [9.17, 15) is 4.55 Å². The fourth-order valence-corrected chi connectivity index (χ4v) is 4.67. The van der Waals surface area contributed by atoms with Gasteiger partial charge in [0.05, 0.1) is 5.69 Å². The molecule has 0 amide bonds. The molecule has 0 saturated heterocycles. The van der Waals surface area contributed by atoms with Crippen LogP contribution in [0.4, 0.5) is 0 Å². The summed E-state index contributed by atoms with van der Waals surface area (Å²) in [6, 6.07) is 19.8. The Labute approximate surface area is 186 Å². The van der Waals surface area contributed by atoms with E-state index in [-0.39, 0.29) is 0 Å². The van der Waals surface area contributed by atoms with Gasteiger partial charge in [0.25, 0.3) is 0 Å². The van der Waals surface area contributed by atoms with Gasteiger partial charge >= 0.3 is 0 Å². The number of rotatable bonds is 5. The average molecular weight is 434 g/mol. The number of aromatic nitrogens is 2. The van der Waals surface area contributed by atoms with Crippen LogP contribution in [-0.4, -0.2) is 19.4 Å². The largest absolute Gasteiger partial charge is 0.598 e. The highest BCUT2D eigenvalue weighted by molar-refractivity contribution is 7.90. The van der Waals surface area contributed by atoms with Crippen molar-refractivity contribution in [3.05, 3.63) is 83.7 Å². The van der Waals surface area contributed by atoms with Crippen molar-refractivity contribution in [3.8, 4) is 11.3 Å². The van der Waals surface area contributed by atoms with E-state index < -0.39 is 21.6 Å². The van der Waals surface area contributed by atoms with Gasteiger partial charge in [0.15, 0.2) is 5.58 Å². The second kappa shape index (κ2) is 8.11. The van der Waals surface area contributed by atoms with Crippen molar-refractivity contribution in [1.29, 1.82) is 0 Å². The van der Waals surface area contributed by atoms with Crippen LogP contribution in [0.5, 0.6) is 0 Å². The van der Waals surface area contributed by atoms with E-state index in [2.05, 4.69) is 9.88 Å². The highest BCUT2D eigenvalue weighted by atomic mass is 32.2. The van der Waals surface area contributed by atoms with Gasteiger partial charge in [-0.3, -0.25) is 4.98 Å². The smallest absolute Gasteiger partial charge is 0.167 e. The molecule has 160 valence electrons. The van der Waals surface area contributed by atoms with Crippen LogP contribution >= 0.6 is 0 Å². The van der Waals surface area contributed by atoms with Crippen molar-refractivity contribution in [1.82, 2.24) is 14.9 Å². The molecule has 1 N–H and O–H groups in total. The summed E-state index contributed by atoms with van der Waals surface area (Å²) in [5, 5.41) is 5.32. The number of hydrogen-bond donors (Lipinski definition) is 1. The lowest BCUT2D eigenvalue weighted by Crippen LogP contribution is -2.51. The Kier molecular flexibility index (Phi) is 5.64. The van der Waals surface area contributed by atoms with Crippen molar-refractivity contribution < 1.29 is 9.08 Å². The molecule has 4 rings (SSSR count). The lowest BCUT2D eigenvalue weighted by molar-refractivity contribution is 0.457.